The monoisotopic (exact) mass is 319 g/mol. The number of nitro groups is 1. The van der Waals surface area contributed by atoms with Crippen LogP contribution < -0.4 is 56.9 Å². The van der Waals surface area contributed by atoms with Gasteiger partial charge in [0.25, 0.3) is 0 Å². The maximum atomic E-state index is 11.8. The fourth-order valence-corrected chi connectivity index (χ4v) is 1.65. The van der Waals surface area contributed by atoms with E-state index in [2.05, 4.69) is 5.10 Å². The predicted molar refractivity (Wildman–Crippen MR) is 67.8 cm³/mol. The minimum absolute atomic E-state index is 0. The number of hydrogen-bond donors (Lipinski definition) is 0. The van der Waals surface area contributed by atoms with Crippen LogP contribution in [0.15, 0.2) is 4.79 Å². The van der Waals surface area contributed by atoms with Crippen molar-refractivity contribution in [1.29, 1.82) is 5.26 Å². The van der Waals surface area contributed by atoms with E-state index in [-0.39, 0.29) is 57.9 Å². The molecule has 0 bridgehead atoms. The van der Waals surface area contributed by atoms with Crippen LogP contribution in [0.3, 0.4) is 0 Å². The Morgan fingerprint density at radius 3 is 2.65 bits per heavy atom. The van der Waals surface area contributed by atoms with Gasteiger partial charge in [-0.1, -0.05) is 18.5 Å². The molecule has 0 saturated heterocycles. The normalized spacial score (nSPS) is 9.05. The number of hydrogen-bond acceptors (Lipinski definition) is 5. The molecule has 0 fully saturated rings. The largest absolute Gasteiger partial charge is 1.00 e. The molecule has 0 spiro atoms. The van der Waals surface area contributed by atoms with Gasteiger partial charge in [0.2, 0.25) is 0 Å². The molecule has 1 heterocycles. The van der Waals surface area contributed by atoms with Gasteiger partial charge in [0, 0.05) is 0 Å². The average Bonchev–Trinajstić information content (AvgIpc) is 2.38. The van der Waals surface area contributed by atoms with E-state index in [9.17, 15) is 14.9 Å². The molecule has 0 amide bonds. The van der Waals surface area contributed by atoms with Crippen LogP contribution in [0.2, 0.25) is 5.02 Å². The van der Waals surface area contributed by atoms with Crippen molar-refractivity contribution in [2.24, 2.45) is 0 Å². The summed E-state index contributed by atoms with van der Waals surface area (Å²) in [6.45, 7) is 1.90. The fraction of sp³-hybridized carbons (Fsp3) is 0.300. The second kappa shape index (κ2) is 8.44. The van der Waals surface area contributed by atoms with Crippen LogP contribution in [0, 0.1) is 21.4 Å². The van der Waals surface area contributed by atoms with Crippen LogP contribution in [-0.2, 0) is 6.54 Å². The molecule has 0 aliphatic rings. The summed E-state index contributed by atoms with van der Waals surface area (Å²) in [6.07, 6.45) is 0.521. The Morgan fingerprint density at radius 1 is 1.65 bits per heavy atom. The number of aromatic nitrogens is 2. The molecular formula is C10H7ClKN5O3. The van der Waals surface area contributed by atoms with E-state index < -0.39 is 32.5 Å². The van der Waals surface area contributed by atoms with Crippen molar-refractivity contribution < 1.29 is 56.3 Å². The van der Waals surface area contributed by atoms with Crippen molar-refractivity contribution in [1.82, 2.24) is 9.78 Å². The minimum atomic E-state index is -0.887. The van der Waals surface area contributed by atoms with Crippen molar-refractivity contribution in [3.63, 3.8) is 0 Å². The zero-order chi connectivity index (χ0) is 14.6. The number of aryl methyl sites for hydroxylation is 1. The van der Waals surface area contributed by atoms with Gasteiger partial charge in [-0.3, -0.25) is 4.79 Å². The molecule has 0 aliphatic carbocycles. The maximum absolute atomic E-state index is 11.8. The Kier molecular flexibility index (Phi) is 8.08. The first kappa shape index (κ1) is 19.1. The second-order valence-electron chi connectivity index (χ2n) is 3.40. The molecule has 0 N–H and O–H groups in total. The summed E-state index contributed by atoms with van der Waals surface area (Å²) in [7, 11) is 0. The summed E-state index contributed by atoms with van der Waals surface area (Å²) in [5.74, 6) is 0.680. The number of nitriles is 1. The summed E-state index contributed by atoms with van der Waals surface area (Å²) in [6, 6.07) is 1.46. The predicted octanol–water partition coefficient (Wildman–Crippen LogP) is -1.64. The minimum Gasteiger partial charge on any atom is -0.762 e. The Labute approximate surface area is 161 Å². The molecule has 0 aromatic carbocycles. The quantitative estimate of drug-likeness (QED) is 0.216. The molecule has 8 nitrogen and oxygen atoms in total. The van der Waals surface area contributed by atoms with E-state index in [1.54, 1.807) is 6.92 Å². The van der Waals surface area contributed by atoms with Gasteiger partial charge >= 0.3 is 62.8 Å². The zero-order valence-corrected chi connectivity index (χ0v) is 14.6. The van der Waals surface area contributed by atoms with Gasteiger partial charge in [-0.05, 0) is 11.3 Å². The fourth-order valence-electron chi connectivity index (χ4n) is 1.38. The van der Waals surface area contributed by atoms with Crippen LogP contribution in [0.5, 0.6) is 0 Å². The molecule has 0 radical (unpaired) electrons. The molecule has 10 heteroatoms. The van der Waals surface area contributed by atoms with E-state index in [1.165, 1.54) is 11.9 Å². The van der Waals surface area contributed by atoms with Gasteiger partial charge in [-0.15, -0.1) is 4.68 Å². The molecule has 0 saturated carbocycles. The molecule has 0 aliphatic heterocycles. The number of nitrogens with zero attached hydrogens (tertiary/aromatic N) is 5. The average molecular weight is 320 g/mol. The van der Waals surface area contributed by atoms with Gasteiger partial charge in [-0.25, -0.2) is 5.87 Å². The smallest absolute Gasteiger partial charge is 0.762 e. The second-order valence-corrected chi connectivity index (χ2v) is 3.77. The van der Waals surface area contributed by atoms with E-state index in [1.807, 2.05) is 0 Å². The van der Waals surface area contributed by atoms with Crippen LogP contribution in [0.25, 0.3) is 11.0 Å². The first-order valence-corrected chi connectivity index (χ1v) is 5.48. The number of halogens is 1. The third-order valence-electron chi connectivity index (χ3n) is 2.16. The molecule has 1 rings (SSSR count). The zero-order valence-electron chi connectivity index (χ0n) is 10.8. The molecular weight excluding hydrogens is 313 g/mol. The molecule has 1 aromatic rings. The SMILES string of the molecule is CCCn1nc([N+](=O)[O-])c(C(=C=[N-])C#N)c(Cl)c1=O.[K+]. The van der Waals surface area contributed by atoms with Crippen molar-refractivity contribution in [3.05, 3.63) is 36.5 Å². The number of allylic oxidation sites excluding steroid dienone is 1. The Hall–Kier alpha value is -0.854. The molecule has 98 valence electrons. The van der Waals surface area contributed by atoms with Crippen LogP contribution in [-0.4, -0.2) is 20.6 Å². The molecule has 20 heavy (non-hydrogen) atoms. The van der Waals surface area contributed by atoms with Crippen molar-refractivity contribution in [3.8, 4) is 6.07 Å². The molecule has 0 atom stereocenters. The maximum Gasteiger partial charge on any atom is 1.00 e. The first-order chi connectivity index (χ1) is 8.97. The molecule has 1 aromatic heterocycles. The summed E-state index contributed by atoms with van der Waals surface area (Å²) in [4.78, 5) is 21.8. The summed E-state index contributed by atoms with van der Waals surface area (Å²) in [5.41, 5.74) is -1.92. The van der Waals surface area contributed by atoms with E-state index in [0.29, 0.717) is 6.42 Å². The Balaban J connectivity index is 0.00000361. The van der Waals surface area contributed by atoms with E-state index in [4.69, 9.17) is 22.3 Å². The Morgan fingerprint density at radius 2 is 2.25 bits per heavy atom. The first-order valence-electron chi connectivity index (χ1n) is 5.10. The topological polar surface area (TPSA) is 124 Å². The van der Waals surface area contributed by atoms with Gasteiger partial charge in [0.15, 0.2) is 0 Å². The van der Waals surface area contributed by atoms with Crippen LogP contribution in [0.1, 0.15) is 18.9 Å². The van der Waals surface area contributed by atoms with Gasteiger partial charge in [0.1, 0.15) is 16.7 Å². The van der Waals surface area contributed by atoms with Gasteiger partial charge in [-0.2, -0.15) is 5.26 Å². The van der Waals surface area contributed by atoms with Crippen molar-refractivity contribution in [2.45, 2.75) is 19.9 Å². The summed E-state index contributed by atoms with van der Waals surface area (Å²) >= 11 is 5.73. The standard InChI is InChI=1S/C10H7ClN5O3.K/c1-2-3-15-10(17)8(11)7(6(4-12)5-13)9(14-15)16(18)19;/h2-3H2,1H3;/q-1;+1. The van der Waals surface area contributed by atoms with Crippen LogP contribution >= 0.6 is 11.6 Å². The molecule has 0 unspecified atom stereocenters. The van der Waals surface area contributed by atoms with Gasteiger partial charge in [0.05, 0.1) is 17.2 Å². The summed E-state index contributed by atoms with van der Waals surface area (Å²) in [5, 5.41) is 31.4. The van der Waals surface area contributed by atoms with Crippen LogP contribution in [0.4, 0.5) is 5.82 Å². The van der Waals surface area contributed by atoms with Crippen molar-refractivity contribution in [2.75, 3.05) is 0 Å². The van der Waals surface area contributed by atoms with E-state index in [0.717, 1.165) is 4.68 Å². The summed E-state index contributed by atoms with van der Waals surface area (Å²) < 4.78 is 0.844. The van der Waals surface area contributed by atoms with Gasteiger partial charge < -0.3 is 15.5 Å². The van der Waals surface area contributed by atoms with E-state index >= 15 is 0 Å². The number of rotatable bonds is 4. The Bertz CT molecular complexity index is 687. The third kappa shape index (κ3) is 3.83. The van der Waals surface area contributed by atoms with Crippen molar-refractivity contribution >= 4 is 28.9 Å². The third-order valence-corrected chi connectivity index (χ3v) is 2.51.